The molecule has 1 heteroatoms. The summed E-state index contributed by atoms with van der Waals surface area (Å²) in [6.45, 7) is 3.94. The Morgan fingerprint density at radius 3 is 2.80 bits per heavy atom. The lowest BCUT2D eigenvalue weighted by Crippen LogP contribution is -2.17. The average Bonchev–Trinajstić information content (AvgIpc) is 2.26. The molecule has 0 radical (unpaired) electrons. The summed E-state index contributed by atoms with van der Waals surface area (Å²) >= 11 is 0. The summed E-state index contributed by atoms with van der Waals surface area (Å²) in [7, 11) is 0. The van der Waals surface area contributed by atoms with Crippen LogP contribution in [0.25, 0.3) is 6.58 Å². The van der Waals surface area contributed by atoms with Crippen molar-refractivity contribution >= 4 is 12.3 Å². The Morgan fingerprint density at radius 1 is 1.00 bits per heavy atom. The summed E-state index contributed by atoms with van der Waals surface area (Å²) in [4.78, 5) is 4.62. The summed E-state index contributed by atoms with van der Waals surface area (Å²) in [6, 6.07) is 14.5. The maximum atomic E-state index is 4.62. The minimum absolute atomic E-state index is 0.971. The third-order valence-corrected chi connectivity index (χ3v) is 2.76. The molecule has 0 aromatic heterocycles. The molecule has 1 heterocycles. The minimum atomic E-state index is 0.971. The van der Waals surface area contributed by atoms with Crippen molar-refractivity contribution in [3.05, 3.63) is 64.2 Å². The molecule has 0 N–H and O–H groups in total. The van der Waals surface area contributed by atoms with Crippen molar-refractivity contribution in [2.75, 3.05) is 0 Å². The molecule has 2 aromatic carbocycles. The highest BCUT2D eigenvalue weighted by Gasteiger charge is 2.08. The van der Waals surface area contributed by atoms with E-state index in [0.29, 0.717) is 0 Å². The van der Waals surface area contributed by atoms with Crippen molar-refractivity contribution in [2.24, 2.45) is 4.99 Å². The van der Waals surface area contributed by atoms with E-state index in [1.54, 1.807) is 0 Å². The number of rotatable bonds is 0. The first kappa shape index (κ1) is 8.42. The predicted octanol–water partition coefficient (Wildman–Crippen LogP) is 1.95. The monoisotopic (exact) mass is 193 g/mol. The molecule has 72 valence electrons. The van der Waals surface area contributed by atoms with Gasteiger partial charge in [-0.25, -0.2) is 4.99 Å². The van der Waals surface area contributed by atoms with Gasteiger partial charge >= 0.3 is 0 Å². The lowest BCUT2D eigenvalue weighted by atomic mass is 9.99. The Hall–Kier alpha value is -1.89. The third-order valence-electron chi connectivity index (χ3n) is 2.76. The first-order chi connectivity index (χ1) is 7.33. The van der Waals surface area contributed by atoms with Crippen molar-refractivity contribution in [1.29, 1.82) is 0 Å². The zero-order valence-corrected chi connectivity index (χ0v) is 8.40. The maximum absolute atomic E-state index is 4.62. The first-order valence-corrected chi connectivity index (χ1v) is 5.07. The smallest absolute Gasteiger partial charge is 0.0672 e. The van der Waals surface area contributed by atoms with Gasteiger partial charge in [-0.1, -0.05) is 30.8 Å². The largest absolute Gasteiger partial charge is 0.248 e. The third kappa shape index (κ3) is 1.37. The van der Waals surface area contributed by atoms with Crippen molar-refractivity contribution in [3.8, 4) is 0 Å². The van der Waals surface area contributed by atoms with Crippen molar-refractivity contribution in [1.82, 2.24) is 0 Å². The molecule has 3 rings (SSSR count). The first-order valence-electron chi connectivity index (χ1n) is 5.07. The van der Waals surface area contributed by atoms with Gasteiger partial charge in [0, 0.05) is 6.42 Å². The molecular weight excluding hydrogens is 182 g/mol. The van der Waals surface area contributed by atoms with Crippen LogP contribution in [0.4, 0.5) is 5.69 Å². The standard InChI is InChI=1S/C14H11N/c1-10-6-7-14-12(8-10)9-11-4-2-3-5-13(11)15-14/h2-8H,1,9H2. The molecule has 0 unspecified atom stereocenters. The highest BCUT2D eigenvalue weighted by atomic mass is 14.7. The number of benzene rings is 2. The number of hydrogen-bond acceptors (Lipinski definition) is 1. The number of para-hydroxylation sites is 1. The van der Waals surface area contributed by atoms with Crippen molar-refractivity contribution in [2.45, 2.75) is 6.42 Å². The van der Waals surface area contributed by atoms with Gasteiger partial charge in [0.15, 0.2) is 0 Å². The van der Waals surface area contributed by atoms with E-state index in [1.807, 2.05) is 18.2 Å². The van der Waals surface area contributed by atoms with Gasteiger partial charge in [0.25, 0.3) is 0 Å². The number of nitrogens with zero attached hydrogens (tertiary/aromatic N) is 1. The Morgan fingerprint density at radius 2 is 1.87 bits per heavy atom. The highest BCUT2D eigenvalue weighted by molar-refractivity contribution is 5.50. The molecule has 0 saturated heterocycles. The van der Waals surface area contributed by atoms with Crippen LogP contribution < -0.4 is 10.6 Å². The van der Waals surface area contributed by atoms with Crippen LogP contribution in [0.2, 0.25) is 0 Å². The van der Waals surface area contributed by atoms with Gasteiger partial charge in [-0.15, -0.1) is 0 Å². The van der Waals surface area contributed by atoms with E-state index in [4.69, 9.17) is 0 Å². The van der Waals surface area contributed by atoms with Gasteiger partial charge < -0.3 is 0 Å². The molecule has 1 aliphatic heterocycles. The quantitative estimate of drug-likeness (QED) is 0.517. The van der Waals surface area contributed by atoms with E-state index in [9.17, 15) is 0 Å². The predicted molar refractivity (Wildman–Crippen MR) is 61.7 cm³/mol. The Labute approximate surface area is 88.4 Å². The van der Waals surface area contributed by atoms with Crippen LogP contribution in [0.5, 0.6) is 0 Å². The van der Waals surface area contributed by atoms with E-state index in [1.165, 1.54) is 11.1 Å². The van der Waals surface area contributed by atoms with Gasteiger partial charge in [0.05, 0.1) is 11.0 Å². The fourth-order valence-electron chi connectivity index (χ4n) is 1.99. The van der Waals surface area contributed by atoms with Crippen LogP contribution in [-0.2, 0) is 6.42 Å². The molecular formula is C14H11N. The van der Waals surface area contributed by atoms with Gasteiger partial charge in [0.1, 0.15) is 0 Å². The van der Waals surface area contributed by atoms with Crippen LogP contribution in [0.1, 0.15) is 11.1 Å². The van der Waals surface area contributed by atoms with Crippen LogP contribution >= 0.6 is 0 Å². The maximum Gasteiger partial charge on any atom is 0.0672 e. The summed E-state index contributed by atoms with van der Waals surface area (Å²) in [5, 5.41) is 2.14. The summed E-state index contributed by atoms with van der Waals surface area (Å²) < 4.78 is 0. The fraction of sp³-hybridized carbons (Fsp3) is 0.0714. The van der Waals surface area contributed by atoms with Crippen LogP contribution in [0.15, 0.2) is 47.5 Å². The van der Waals surface area contributed by atoms with E-state index in [2.05, 4.69) is 35.8 Å². The molecule has 0 atom stereocenters. The summed E-state index contributed by atoms with van der Waals surface area (Å²) in [5.41, 5.74) is 3.68. The second kappa shape index (κ2) is 3.06. The molecule has 0 bridgehead atoms. The molecule has 0 spiro atoms. The molecule has 0 amide bonds. The molecule has 0 fully saturated rings. The Bertz CT molecular complexity index is 626. The second-order valence-electron chi connectivity index (χ2n) is 3.88. The Kier molecular flexibility index (Phi) is 1.72. The SMILES string of the molecule is C=c1ccc2c(c1)Cc1ccccc1N=2. The van der Waals surface area contributed by atoms with E-state index in [-0.39, 0.29) is 0 Å². The zero-order chi connectivity index (χ0) is 10.3. The van der Waals surface area contributed by atoms with Crippen LogP contribution in [0, 0.1) is 0 Å². The molecule has 0 saturated carbocycles. The normalized spacial score (nSPS) is 12.5. The highest BCUT2D eigenvalue weighted by Crippen LogP contribution is 2.22. The van der Waals surface area contributed by atoms with Gasteiger partial charge in [-0.05, 0) is 34.5 Å². The minimum Gasteiger partial charge on any atom is -0.248 e. The molecule has 1 nitrogen and oxygen atoms in total. The lowest BCUT2D eigenvalue weighted by Gasteiger charge is -2.11. The Balaban J connectivity index is 2.33. The van der Waals surface area contributed by atoms with Gasteiger partial charge in [-0.2, -0.15) is 0 Å². The van der Waals surface area contributed by atoms with Crippen LogP contribution in [-0.4, -0.2) is 0 Å². The zero-order valence-electron chi connectivity index (χ0n) is 8.40. The van der Waals surface area contributed by atoms with Crippen molar-refractivity contribution < 1.29 is 0 Å². The number of fused-ring (bicyclic) bond motifs is 2. The lowest BCUT2D eigenvalue weighted by molar-refractivity contribution is 1.07. The second-order valence-corrected chi connectivity index (χ2v) is 3.88. The van der Waals surface area contributed by atoms with Gasteiger partial charge in [-0.3, -0.25) is 0 Å². The van der Waals surface area contributed by atoms with E-state index >= 15 is 0 Å². The number of hydrogen-bond donors (Lipinski definition) is 0. The van der Waals surface area contributed by atoms with E-state index < -0.39 is 0 Å². The summed E-state index contributed by atoms with van der Waals surface area (Å²) in [6.07, 6.45) is 0.971. The average molecular weight is 193 g/mol. The molecule has 1 aliphatic rings. The topological polar surface area (TPSA) is 12.4 Å². The fourth-order valence-corrected chi connectivity index (χ4v) is 1.99. The van der Waals surface area contributed by atoms with Crippen LogP contribution in [0.3, 0.4) is 0 Å². The molecule has 15 heavy (non-hydrogen) atoms. The summed E-state index contributed by atoms with van der Waals surface area (Å²) in [5.74, 6) is 0. The van der Waals surface area contributed by atoms with E-state index in [0.717, 1.165) is 22.7 Å². The van der Waals surface area contributed by atoms with Crippen molar-refractivity contribution in [3.63, 3.8) is 0 Å². The molecule has 2 aromatic rings. The molecule has 0 aliphatic carbocycles. The van der Waals surface area contributed by atoms with Gasteiger partial charge in [0.2, 0.25) is 0 Å².